The van der Waals surface area contributed by atoms with E-state index in [1.54, 1.807) is 19.4 Å². The number of pyridine rings is 1. The van der Waals surface area contributed by atoms with Gasteiger partial charge in [0.1, 0.15) is 12.3 Å². The van der Waals surface area contributed by atoms with Gasteiger partial charge in [-0.1, -0.05) is 24.4 Å². The summed E-state index contributed by atoms with van der Waals surface area (Å²) < 4.78 is 24.8. The Morgan fingerprint density at radius 1 is 1.29 bits per heavy atom. The normalized spacial score (nSPS) is 18.8. The molecular weight excluding hydrogens is 425 g/mol. The van der Waals surface area contributed by atoms with E-state index in [-0.39, 0.29) is 30.4 Å². The molecule has 0 spiro atoms. The van der Waals surface area contributed by atoms with Crippen molar-refractivity contribution in [3.63, 3.8) is 0 Å². The van der Waals surface area contributed by atoms with Crippen LogP contribution in [0.5, 0.6) is 0 Å². The minimum absolute atomic E-state index is 0.0518. The molecule has 2 N–H and O–H groups in total. The number of H-pyrrole nitrogens is 1. The molecule has 0 saturated heterocycles. The van der Waals surface area contributed by atoms with E-state index < -0.39 is 5.82 Å². The number of carbonyl (C=O) groups excluding carboxylic acids is 1. The molecule has 31 heavy (non-hydrogen) atoms. The Balaban J connectivity index is 1.57. The third-order valence-corrected chi connectivity index (χ3v) is 5.61. The number of esters is 1. The van der Waals surface area contributed by atoms with Gasteiger partial charge in [0.25, 0.3) is 0 Å². The monoisotopic (exact) mass is 447 g/mol. The molecule has 3 aromatic heterocycles. The van der Waals surface area contributed by atoms with Crippen molar-refractivity contribution in [3.05, 3.63) is 35.5 Å². The smallest absolute Gasteiger partial charge is 0.311 e. The molecule has 164 valence electrons. The van der Waals surface area contributed by atoms with E-state index in [9.17, 15) is 9.18 Å². The standard InChI is InChI=1S/C21H23ClFN5O3/c1-30-6-7-31-21(29)13-4-2-3-5-17(13)27-20-16(23)11-26-19(28-20)15-10-25-18-14(15)8-12(22)9-24-18/h8-11,13,17H,2-7H2,1H3,(H,24,25)(H,26,27,28). The Kier molecular flexibility index (Phi) is 6.62. The first kappa shape index (κ1) is 21.5. The van der Waals surface area contributed by atoms with Crippen LogP contribution in [0.2, 0.25) is 5.02 Å². The molecule has 2 unspecified atom stereocenters. The van der Waals surface area contributed by atoms with Crippen molar-refractivity contribution in [3.8, 4) is 11.4 Å². The Labute approximate surface area is 183 Å². The summed E-state index contributed by atoms with van der Waals surface area (Å²) in [5, 5.41) is 4.34. The van der Waals surface area contributed by atoms with Gasteiger partial charge >= 0.3 is 5.97 Å². The molecule has 1 saturated carbocycles. The lowest BCUT2D eigenvalue weighted by molar-refractivity contribution is -0.151. The molecular formula is C21H23ClFN5O3. The predicted molar refractivity (Wildman–Crippen MR) is 114 cm³/mol. The van der Waals surface area contributed by atoms with Gasteiger partial charge in [-0.05, 0) is 18.9 Å². The molecule has 0 bridgehead atoms. The minimum atomic E-state index is -0.586. The minimum Gasteiger partial charge on any atom is -0.463 e. The number of fused-ring (bicyclic) bond motifs is 1. The fourth-order valence-electron chi connectivity index (χ4n) is 3.85. The van der Waals surface area contributed by atoms with Crippen LogP contribution in [0.3, 0.4) is 0 Å². The average Bonchev–Trinajstić information content (AvgIpc) is 3.19. The zero-order chi connectivity index (χ0) is 21.8. The summed E-state index contributed by atoms with van der Waals surface area (Å²) in [4.78, 5) is 28.3. The van der Waals surface area contributed by atoms with E-state index in [0.29, 0.717) is 35.1 Å². The number of ether oxygens (including phenoxy) is 2. The molecule has 0 aromatic carbocycles. The first-order valence-corrected chi connectivity index (χ1v) is 10.5. The Morgan fingerprint density at radius 2 is 2.13 bits per heavy atom. The molecule has 8 nitrogen and oxygen atoms in total. The van der Waals surface area contributed by atoms with Gasteiger partial charge in [0, 0.05) is 36.5 Å². The van der Waals surface area contributed by atoms with Gasteiger partial charge in [0.15, 0.2) is 17.5 Å². The van der Waals surface area contributed by atoms with E-state index >= 15 is 0 Å². The van der Waals surface area contributed by atoms with Crippen LogP contribution in [0.1, 0.15) is 25.7 Å². The maximum Gasteiger partial charge on any atom is 0.311 e. The van der Waals surface area contributed by atoms with Gasteiger partial charge in [-0.15, -0.1) is 0 Å². The second kappa shape index (κ2) is 9.57. The maximum atomic E-state index is 14.6. The number of nitrogens with zero attached hydrogens (tertiary/aromatic N) is 3. The lowest BCUT2D eigenvalue weighted by atomic mass is 9.84. The van der Waals surface area contributed by atoms with Crippen molar-refractivity contribution >= 4 is 34.4 Å². The number of methoxy groups -OCH3 is 1. The summed E-state index contributed by atoms with van der Waals surface area (Å²) in [6.07, 6.45) is 7.62. The molecule has 10 heteroatoms. The van der Waals surface area contributed by atoms with E-state index in [1.807, 2.05) is 0 Å². The molecule has 0 amide bonds. The van der Waals surface area contributed by atoms with Gasteiger partial charge < -0.3 is 19.8 Å². The van der Waals surface area contributed by atoms with Crippen molar-refractivity contribution in [2.24, 2.45) is 5.92 Å². The average molecular weight is 448 g/mol. The third-order valence-electron chi connectivity index (χ3n) is 5.41. The van der Waals surface area contributed by atoms with Crippen molar-refractivity contribution in [1.82, 2.24) is 19.9 Å². The Bertz CT molecular complexity index is 1080. The van der Waals surface area contributed by atoms with Crippen LogP contribution >= 0.6 is 11.6 Å². The van der Waals surface area contributed by atoms with Crippen LogP contribution in [0.4, 0.5) is 10.2 Å². The van der Waals surface area contributed by atoms with Crippen molar-refractivity contribution in [2.45, 2.75) is 31.7 Å². The molecule has 1 aliphatic rings. The summed E-state index contributed by atoms with van der Waals surface area (Å²) in [5.74, 6) is -0.886. The summed E-state index contributed by atoms with van der Waals surface area (Å²) in [7, 11) is 1.55. The SMILES string of the molecule is COCCOC(=O)C1CCCCC1Nc1nc(-c2c[nH]c3ncc(Cl)cc23)ncc1F. The maximum absolute atomic E-state index is 14.6. The Hall–Kier alpha value is -2.78. The number of hydrogen-bond donors (Lipinski definition) is 2. The quantitative estimate of drug-likeness (QED) is 0.417. The first-order chi connectivity index (χ1) is 15.1. The van der Waals surface area contributed by atoms with Crippen LogP contribution in [-0.2, 0) is 14.3 Å². The summed E-state index contributed by atoms with van der Waals surface area (Å²) in [6, 6.07) is 1.48. The number of rotatable bonds is 7. The van der Waals surface area contributed by atoms with E-state index in [4.69, 9.17) is 21.1 Å². The summed E-state index contributed by atoms with van der Waals surface area (Å²) >= 11 is 6.07. The number of hydrogen-bond acceptors (Lipinski definition) is 7. The molecule has 4 rings (SSSR count). The molecule has 0 aliphatic heterocycles. The lowest BCUT2D eigenvalue weighted by Gasteiger charge is -2.31. The fourth-order valence-corrected chi connectivity index (χ4v) is 4.01. The lowest BCUT2D eigenvalue weighted by Crippen LogP contribution is -2.39. The van der Waals surface area contributed by atoms with Gasteiger partial charge in [-0.25, -0.2) is 19.3 Å². The number of anilines is 1. The highest BCUT2D eigenvalue weighted by Crippen LogP contribution is 2.31. The molecule has 1 aliphatic carbocycles. The van der Waals surface area contributed by atoms with Crippen LogP contribution in [0.25, 0.3) is 22.4 Å². The van der Waals surface area contributed by atoms with Crippen molar-refractivity contribution in [2.75, 3.05) is 25.6 Å². The van der Waals surface area contributed by atoms with E-state index in [1.165, 1.54) is 6.20 Å². The van der Waals surface area contributed by atoms with Crippen LogP contribution < -0.4 is 5.32 Å². The van der Waals surface area contributed by atoms with Gasteiger partial charge in [-0.2, -0.15) is 0 Å². The largest absolute Gasteiger partial charge is 0.463 e. The number of nitrogens with one attached hydrogen (secondary N) is 2. The number of halogens is 2. The zero-order valence-electron chi connectivity index (χ0n) is 17.0. The van der Waals surface area contributed by atoms with E-state index in [2.05, 4.69) is 25.3 Å². The van der Waals surface area contributed by atoms with Crippen molar-refractivity contribution in [1.29, 1.82) is 0 Å². The second-order valence-electron chi connectivity index (χ2n) is 7.44. The van der Waals surface area contributed by atoms with E-state index in [0.717, 1.165) is 30.8 Å². The van der Waals surface area contributed by atoms with Gasteiger partial charge in [-0.3, -0.25) is 4.79 Å². The number of aromatic amines is 1. The highest BCUT2D eigenvalue weighted by atomic mass is 35.5. The third kappa shape index (κ3) is 4.77. The number of carbonyl (C=O) groups is 1. The highest BCUT2D eigenvalue weighted by molar-refractivity contribution is 6.31. The molecule has 1 fully saturated rings. The zero-order valence-corrected chi connectivity index (χ0v) is 17.8. The van der Waals surface area contributed by atoms with Crippen LogP contribution in [0, 0.1) is 11.7 Å². The van der Waals surface area contributed by atoms with Crippen LogP contribution in [0.15, 0.2) is 24.7 Å². The Morgan fingerprint density at radius 3 is 2.97 bits per heavy atom. The number of aromatic nitrogens is 4. The predicted octanol–water partition coefficient (Wildman–Crippen LogP) is 3.97. The molecule has 3 aromatic rings. The fraction of sp³-hybridized carbons (Fsp3) is 0.429. The first-order valence-electron chi connectivity index (χ1n) is 10.1. The topological polar surface area (TPSA) is 102 Å². The van der Waals surface area contributed by atoms with Gasteiger partial charge in [0.2, 0.25) is 0 Å². The molecule has 0 radical (unpaired) electrons. The molecule has 2 atom stereocenters. The second-order valence-corrected chi connectivity index (χ2v) is 7.88. The van der Waals surface area contributed by atoms with Crippen LogP contribution in [-0.4, -0.2) is 52.3 Å². The van der Waals surface area contributed by atoms with Gasteiger partial charge in [0.05, 0.1) is 23.7 Å². The molecule has 3 heterocycles. The summed E-state index contributed by atoms with van der Waals surface area (Å²) in [6.45, 7) is 0.533. The van der Waals surface area contributed by atoms with Crippen molar-refractivity contribution < 1.29 is 18.7 Å². The summed E-state index contributed by atoms with van der Waals surface area (Å²) in [5.41, 5.74) is 1.29. The highest BCUT2D eigenvalue weighted by Gasteiger charge is 2.33.